The number of carbonyl (C=O) groups is 1. The molecule has 0 aliphatic carbocycles. The number of nitrogens with two attached hydrogens (primary N) is 1. The van der Waals surface area contributed by atoms with E-state index in [0.29, 0.717) is 18.7 Å². The molecule has 206 valence electrons. The molecule has 0 aliphatic heterocycles. The van der Waals surface area contributed by atoms with E-state index >= 15 is 0 Å². The van der Waals surface area contributed by atoms with Crippen LogP contribution in [0.25, 0.3) is 22.2 Å². The Morgan fingerprint density at radius 3 is 2.19 bits per heavy atom. The highest BCUT2D eigenvalue weighted by Gasteiger charge is 2.20. The topological polar surface area (TPSA) is 77.5 Å². The summed E-state index contributed by atoms with van der Waals surface area (Å²) >= 11 is 0. The second-order valence-electron chi connectivity index (χ2n) is 10.5. The van der Waals surface area contributed by atoms with Gasteiger partial charge in [-0.25, -0.2) is 4.79 Å². The van der Waals surface area contributed by atoms with Gasteiger partial charge >= 0.3 is 5.97 Å². The van der Waals surface area contributed by atoms with Gasteiger partial charge in [0.25, 0.3) is 0 Å². The van der Waals surface area contributed by atoms with E-state index < -0.39 is 5.60 Å². The van der Waals surface area contributed by atoms with E-state index in [1.54, 1.807) is 20.8 Å². The van der Waals surface area contributed by atoms with Crippen LogP contribution in [0.3, 0.4) is 0 Å². The number of benzene rings is 2. The lowest BCUT2D eigenvalue weighted by Crippen LogP contribution is -2.11. The number of aromatic nitrogens is 1. The van der Waals surface area contributed by atoms with Crippen LogP contribution < -0.4 is 5.73 Å². The molecule has 3 rings (SSSR count). The van der Waals surface area contributed by atoms with Crippen molar-refractivity contribution in [1.82, 2.24) is 4.57 Å². The first-order valence-electron chi connectivity index (χ1n) is 13.8. The molecule has 0 saturated carbocycles. The molecule has 1 aromatic heterocycles. The average Bonchev–Trinajstić information content (AvgIpc) is 3.13. The van der Waals surface area contributed by atoms with E-state index in [0.717, 1.165) is 18.4 Å². The quantitative estimate of drug-likeness (QED) is 0.229. The molecule has 0 atom stereocenters. The summed E-state index contributed by atoms with van der Waals surface area (Å²) in [5.74, 6) is -0.311. The number of esters is 1. The highest BCUT2D eigenvalue weighted by molar-refractivity contribution is 5.98. The summed E-state index contributed by atoms with van der Waals surface area (Å²) in [6, 6.07) is 14.4. The zero-order chi connectivity index (χ0) is 28.0. The molecule has 1 heterocycles. The van der Waals surface area contributed by atoms with E-state index in [9.17, 15) is 4.79 Å². The molecule has 0 spiro atoms. The summed E-state index contributed by atoms with van der Waals surface area (Å²) in [6.45, 7) is 15.1. The summed E-state index contributed by atoms with van der Waals surface area (Å²) in [7, 11) is 1.42. The lowest BCUT2D eigenvalue weighted by Gasteiger charge is -2.14. The summed E-state index contributed by atoms with van der Waals surface area (Å²) in [6.07, 6.45) is 7.14. The summed E-state index contributed by atoms with van der Waals surface area (Å²) < 4.78 is 7.24. The molecule has 3 N–H and O–H groups in total. The minimum absolute atomic E-state index is 0.311. The fourth-order valence-corrected chi connectivity index (χ4v) is 4.16. The van der Waals surface area contributed by atoms with E-state index in [2.05, 4.69) is 62.6 Å². The molecule has 0 bridgehead atoms. The maximum absolute atomic E-state index is 12.1. The number of fused-ring (bicyclic) bond motifs is 1. The van der Waals surface area contributed by atoms with Gasteiger partial charge in [-0.2, -0.15) is 0 Å². The Labute approximate surface area is 225 Å². The van der Waals surface area contributed by atoms with Crippen LogP contribution in [0.15, 0.2) is 42.5 Å². The van der Waals surface area contributed by atoms with Crippen LogP contribution in [0, 0.1) is 6.92 Å². The molecule has 5 nitrogen and oxygen atoms in total. The number of nitrogens with zero attached hydrogens (tertiary/aromatic N) is 1. The number of hydrogen-bond acceptors (Lipinski definition) is 4. The second-order valence-corrected chi connectivity index (χ2v) is 10.5. The third-order valence-corrected chi connectivity index (χ3v) is 5.62. The Morgan fingerprint density at radius 2 is 1.65 bits per heavy atom. The zero-order valence-electron chi connectivity index (χ0n) is 24.5. The Morgan fingerprint density at radius 1 is 1.03 bits per heavy atom. The van der Waals surface area contributed by atoms with Gasteiger partial charge in [0.05, 0.1) is 24.0 Å². The molecule has 0 unspecified atom stereocenters. The van der Waals surface area contributed by atoms with Crippen LogP contribution in [0.2, 0.25) is 0 Å². The third kappa shape index (κ3) is 10.3. The molecule has 0 fully saturated rings. The summed E-state index contributed by atoms with van der Waals surface area (Å²) in [5, 5.41) is 9.73. The van der Waals surface area contributed by atoms with Gasteiger partial charge < -0.3 is 20.1 Å². The van der Waals surface area contributed by atoms with Crippen LogP contribution >= 0.6 is 0 Å². The van der Waals surface area contributed by atoms with E-state index in [1.165, 1.54) is 60.6 Å². The van der Waals surface area contributed by atoms with Gasteiger partial charge in [-0.3, -0.25) is 0 Å². The van der Waals surface area contributed by atoms with Gasteiger partial charge in [-0.15, -0.1) is 0 Å². The molecule has 2 aromatic carbocycles. The number of methoxy groups -OCH3 is 1. The van der Waals surface area contributed by atoms with Crippen molar-refractivity contribution in [3.8, 4) is 11.3 Å². The number of aryl methyl sites for hydroxylation is 2. The van der Waals surface area contributed by atoms with Crippen LogP contribution in [0.4, 0.5) is 0 Å². The molecule has 0 radical (unpaired) electrons. The van der Waals surface area contributed by atoms with Crippen LogP contribution in [0.5, 0.6) is 0 Å². The van der Waals surface area contributed by atoms with Crippen molar-refractivity contribution >= 4 is 16.9 Å². The van der Waals surface area contributed by atoms with E-state index in [-0.39, 0.29) is 5.97 Å². The molecule has 5 heteroatoms. The van der Waals surface area contributed by atoms with Gasteiger partial charge in [-0.1, -0.05) is 76.8 Å². The van der Waals surface area contributed by atoms with E-state index in [4.69, 9.17) is 15.6 Å². The predicted molar refractivity (Wildman–Crippen MR) is 158 cm³/mol. The van der Waals surface area contributed by atoms with Gasteiger partial charge in [-0.05, 0) is 63.8 Å². The predicted octanol–water partition coefficient (Wildman–Crippen LogP) is 7.68. The Bertz CT molecular complexity index is 1090. The Balaban J connectivity index is 0.000000751. The minimum Gasteiger partial charge on any atom is -0.465 e. The number of aliphatic hydroxyl groups is 1. The number of ether oxygens (including phenoxy) is 1. The van der Waals surface area contributed by atoms with Crippen LogP contribution in [-0.2, 0) is 17.7 Å². The van der Waals surface area contributed by atoms with Crippen molar-refractivity contribution in [2.45, 2.75) is 99.1 Å². The highest BCUT2D eigenvalue weighted by Crippen LogP contribution is 2.37. The summed E-state index contributed by atoms with van der Waals surface area (Å²) in [5.41, 5.74) is 12.2. The standard InChI is InChI=1S/C25H32N2O2.C4H10O.C3H8/c1-4-5-6-7-12-22-21-14-13-19(25(28)29-3)17-23(21)27(16-15-26)24(22)20-11-9-8-10-18(20)2;1-4(2,3)5;1-3-2/h8-11,13-14,17H,4-7,12,15-16,26H2,1-3H3;5H,1-3H3;3H2,1-2H3. The van der Waals surface area contributed by atoms with Crippen molar-refractivity contribution in [3.63, 3.8) is 0 Å². The first-order valence-corrected chi connectivity index (χ1v) is 13.8. The first-order chi connectivity index (χ1) is 17.5. The summed E-state index contributed by atoms with van der Waals surface area (Å²) in [4.78, 5) is 12.1. The fraction of sp³-hybridized carbons (Fsp3) is 0.531. The monoisotopic (exact) mass is 510 g/mol. The zero-order valence-corrected chi connectivity index (χ0v) is 24.5. The molecule has 3 aromatic rings. The number of hydrogen-bond donors (Lipinski definition) is 2. The number of carbonyl (C=O) groups excluding carboxylic acids is 1. The van der Waals surface area contributed by atoms with Crippen molar-refractivity contribution in [2.75, 3.05) is 13.7 Å². The van der Waals surface area contributed by atoms with Gasteiger partial charge in [0.1, 0.15) is 0 Å². The Kier molecular flexibility index (Phi) is 14.2. The lowest BCUT2D eigenvalue weighted by molar-refractivity contribution is 0.0600. The van der Waals surface area contributed by atoms with Gasteiger partial charge in [0, 0.05) is 29.6 Å². The molecule has 0 amide bonds. The maximum atomic E-state index is 12.1. The average molecular weight is 511 g/mol. The number of unbranched alkanes of at least 4 members (excludes halogenated alkanes) is 3. The molecular formula is C32H50N2O3. The largest absolute Gasteiger partial charge is 0.465 e. The van der Waals surface area contributed by atoms with Crippen molar-refractivity contribution in [2.24, 2.45) is 5.73 Å². The lowest BCUT2D eigenvalue weighted by atomic mass is 9.97. The molecule has 0 aliphatic rings. The van der Waals surface area contributed by atoms with Crippen LogP contribution in [0.1, 0.15) is 95.1 Å². The van der Waals surface area contributed by atoms with Gasteiger partial charge in [0.2, 0.25) is 0 Å². The second kappa shape index (κ2) is 16.3. The smallest absolute Gasteiger partial charge is 0.337 e. The third-order valence-electron chi connectivity index (χ3n) is 5.62. The Hall–Kier alpha value is -2.63. The van der Waals surface area contributed by atoms with Crippen LogP contribution in [-0.4, -0.2) is 34.9 Å². The van der Waals surface area contributed by atoms with E-state index in [1.807, 2.05) is 12.1 Å². The van der Waals surface area contributed by atoms with Crippen molar-refractivity contribution < 1.29 is 14.6 Å². The first kappa shape index (κ1) is 32.4. The number of rotatable bonds is 9. The highest BCUT2D eigenvalue weighted by atomic mass is 16.5. The fourth-order valence-electron chi connectivity index (χ4n) is 4.16. The maximum Gasteiger partial charge on any atom is 0.337 e. The molecule has 0 saturated heterocycles. The molecular weight excluding hydrogens is 460 g/mol. The van der Waals surface area contributed by atoms with Crippen molar-refractivity contribution in [1.29, 1.82) is 0 Å². The normalized spacial score (nSPS) is 10.9. The minimum atomic E-state index is -0.500. The van der Waals surface area contributed by atoms with Gasteiger partial charge in [0.15, 0.2) is 0 Å². The molecule has 37 heavy (non-hydrogen) atoms. The SMILES string of the molecule is CC(C)(C)O.CCC.CCCCCCc1c(-c2ccccc2C)n(CCN)c2cc(C(=O)OC)ccc12. The van der Waals surface area contributed by atoms with Crippen molar-refractivity contribution in [3.05, 3.63) is 59.2 Å².